The molecule has 0 aromatic carbocycles. The molecular weight excluding hydrogens is 156 g/mol. The molecule has 0 spiro atoms. The Bertz CT molecular complexity index is 214. The normalized spacial score (nSPS) is 16.8. The van der Waals surface area contributed by atoms with Gasteiger partial charge < -0.3 is 5.73 Å². The molecule has 11 heavy (non-hydrogen) atoms. The van der Waals surface area contributed by atoms with Crippen LogP contribution in [-0.4, -0.2) is 4.37 Å². The van der Waals surface area contributed by atoms with Crippen LogP contribution in [0.3, 0.4) is 0 Å². The standard InChI is InChI=1S/C8H14N2S/c1-6(2)8(3,9)7-4-5-11-10-7/h4-6H,9H2,1-3H3. The average Bonchev–Trinajstić information content (AvgIpc) is 2.37. The molecule has 2 nitrogen and oxygen atoms in total. The Labute approximate surface area is 71.6 Å². The van der Waals surface area contributed by atoms with Crippen LogP contribution in [-0.2, 0) is 5.54 Å². The molecule has 1 aromatic heterocycles. The number of hydrogen-bond acceptors (Lipinski definition) is 3. The monoisotopic (exact) mass is 170 g/mol. The summed E-state index contributed by atoms with van der Waals surface area (Å²) in [5, 5.41) is 1.96. The van der Waals surface area contributed by atoms with Crippen molar-refractivity contribution in [1.29, 1.82) is 0 Å². The topological polar surface area (TPSA) is 38.9 Å². The van der Waals surface area contributed by atoms with Crippen molar-refractivity contribution in [2.24, 2.45) is 11.7 Å². The molecular formula is C8H14N2S. The number of nitrogens with zero attached hydrogens (tertiary/aromatic N) is 1. The van der Waals surface area contributed by atoms with Crippen LogP contribution in [0.15, 0.2) is 11.4 Å². The van der Waals surface area contributed by atoms with Gasteiger partial charge in [-0.1, -0.05) is 13.8 Å². The third kappa shape index (κ3) is 1.60. The van der Waals surface area contributed by atoms with Gasteiger partial charge in [0.15, 0.2) is 0 Å². The van der Waals surface area contributed by atoms with Crippen molar-refractivity contribution in [2.75, 3.05) is 0 Å². The van der Waals surface area contributed by atoms with E-state index in [1.165, 1.54) is 11.5 Å². The van der Waals surface area contributed by atoms with E-state index in [2.05, 4.69) is 18.2 Å². The van der Waals surface area contributed by atoms with E-state index in [1.807, 2.05) is 18.4 Å². The molecule has 0 fully saturated rings. The Kier molecular flexibility index (Phi) is 2.30. The molecule has 1 rings (SSSR count). The van der Waals surface area contributed by atoms with Gasteiger partial charge in [0.25, 0.3) is 0 Å². The second kappa shape index (κ2) is 2.91. The molecule has 1 aromatic rings. The maximum Gasteiger partial charge on any atom is 0.0740 e. The minimum atomic E-state index is -0.278. The second-order valence-electron chi connectivity index (χ2n) is 3.32. The lowest BCUT2D eigenvalue weighted by Crippen LogP contribution is -2.38. The van der Waals surface area contributed by atoms with Crippen LogP contribution in [0.1, 0.15) is 26.5 Å². The maximum atomic E-state index is 6.07. The van der Waals surface area contributed by atoms with E-state index >= 15 is 0 Å². The summed E-state index contributed by atoms with van der Waals surface area (Å²) in [6.07, 6.45) is 0. The number of rotatable bonds is 2. The van der Waals surface area contributed by atoms with Gasteiger partial charge in [0.2, 0.25) is 0 Å². The number of nitrogens with two attached hydrogens (primary N) is 1. The van der Waals surface area contributed by atoms with Crippen LogP contribution >= 0.6 is 11.5 Å². The molecule has 0 amide bonds. The smallest absolute Gasteiger partial charge is 0.0740 e. The van der Waals surface area contributed by atoms with Gasteiger partial charge in [-0.25, -0.2) is 0 Å². The zero-order valence-corrected chi connectivity index (χ0v) is 7.98. The van der Waals surface area contributed by atoms with E-state index in [0.29, 0.717) is 5.92 Å². The van der Waals surface area contributed by atoms with E-state index in [-0.39, 0.29) is 5.54 Å². The van der Waals surface area contributed by atoms with Gasteiger partial charge in [-0.05, 0) is 30.4 Å². The lowest BCUT2D eigenvalue weighted by molar-refractivity contribution is 0.344. The van der Waals surface area contributed by atoms with E-state index in [4.69, 9.17) is 5.73 Å². The van der Waals surface area contributed by atoms with Crippen molar-refractivity contribution in [3.63, 3.8) is 0 Å². The molecule has 0 bridgehead atoms. The molecule has 0 aliphatic heterocycles. The molecule has 1 heterocycles. The van der Waals surface area contributed by atoms with Gasteiger partial charge in [-0.15, -0.1) is 0 Å². The predicted molar refractivity (Wildman–Crippen MR) is 48.5 cm³/mol. The first-order chi connectivity index (χ1) is 5.05. The number of hydrogen-bond donors (Lipinski definition) is 1. The first-order valence-corrected chi connectivity index (χ1v) is 4.58. The first-order valence-electron chi connectivity index (χ1n) is 3.75. The highest BCUT2D eigenvalue weighted by Crippen LogP contribution is 2.24. The molecule has 0 saturated carbocycles. The largest absolute Gasteiger partial charge is 0.320 e. The number of aromatic nitrogens is 1. The van der Waals surface area contributed by atoms with Gasteiger partial charge in [-0.2, -0.15) is 4.37 Å². The lowest BCUT2D eigenvalue weighted by atomic mass is 9.87. The third-order valence-corrected chi connectivity index (χ3v) is 2.75. The predicted octanol–water partition coefficient (Wildman–Crippen LogP) is 1.97. The zero-order chi connectivity index (χ0) is 8.48. The Morgan fingerprint density at radius 2 is 2.27 bits per heavy atom. The van der Waals surface area contributed by atoms with Crippen LogP contribution in [0.25, 0.3) is 0 Å². The van der Waals surface area contributed by atoms with Crippen LogP contribution in [0.4, 0.5) is 0 Å². The van der Waals surface area contributed by atoms with Crippen LogP contribution in [0, 0.1) is 5.92 Å². The summed E-state index contributed by atoms with van der Waals surface area (Å²) in [5.74, 6) is 0.421. The molecule has 1 atom stereocenters. The van der Waals surface area contributed by atoms with Gasteiger partial charge >= 0.3 is 0 Å². The fourth-order valence-corrected chi connectivity index (χ4v) is 1.41. The molecule has 62 valence electrons. The first kappa shape index (κ1) is 8.68. The van der Waals surface area contributed by atoms with Gasteiger partial charge in [-0.3, -0.25) is 0 Å². The summed E-state index contributed by atoms with van der Waals surface area (Å²) >= 11 is 1.45. The van der Waals surface area contributed by atoms with Crippen LogP contribution in [0.5, 0.6) is 0 Å². The van der Waals surface area contributed by atoms with Crippen molar-refractivity contribution in [3.05, 3.63) is 17.1 Å². The van der Waals surface area contributed by atoms with E-state index in [1.54, 1.807) is 0 Å². The summed E-state index contributed by atoms with van der Waals surface area (Å²) in [6, 6.07) is 1.99. The van der Waals surface area contributed by atoms with E-state index < -0.39 is 0 Å². The molecule has 0 radical (unpaired) electrons. The highest BCUT2D eigenvalue weighted by molar-refractivity contribution is 7.03. The van der Waals surface area contributed by atoms with Crippen molar-refractivity contribution in [1.82, 2.24) is 4.37 Å². The Morgan fingerprint density at radius 3 is 2.64 bits per heavy atom. The summed E-state index contributed by atoms with van der Waals surface area (Å²) in [5.41, 5.74) is 6.79. The zero-order valence-electron chi connectivity index (χ0n) is 7.16. The molecule has 0 aliphatic carbocycles. The van der Waals surface area contributed by atoms with Crippen molar-refractivity contribution in [3.8, 4) is 0 Å². The van der Waals surface area contributed by atoms with Crippen molar-refractivity contribution >= 4 is 11.5 Å². The highest BCUT2D eigenvalue weighted by atomic mass is 32.1. The molecule has 1 unspecified atom stereocenters. The second-order valence-corrected chi connectivity index (χ2v) is 3.99. The summed E-state index contributed by atoms with van der Waals surface area (Å²) in [7, 11) is 0. The third-order valence-electron chi connectivity index (χ3n) is 2.19. The van der Waals surface area contributed by atoms with Gasteiger partial charge in [0, 0.05) is 5.38 Å². The lowest BCUT2D eigenvalue weighted by Gasteiger charge is -2.26. The quantitative estimate of drug-likeness (QED) is 0.737. The molecule has 0 saturated heterocycles. The summed E-state index contributed by atoms with van der Waals surface area (Å²) < 4.78 is 4.23. The molecule has 3 heteroatoms. The summed E-state index contributed by atoms with van der Waals surface area (Å²) in [6.45, 7) is 6.24. The van der Waals surface area contributed by atoms with Crippen LogP contribution in [0.2, 0.25) is 0 Å². The van der Waals surface area contributed by atoms with Crippen molar-refractivity contribution in [2.45, 2.75) is 26.3 Å². The Morgan fingerprint density at radius 1 is 1.64 bits per heavy atom. The Balaban J connectivity index is 2.90. The van der Waals surface area contributed by atoms with Crippen LogP contribution < -0.4 is 5.73 Å². The minimum absolute atomic E-state index is 0.278. The Hall–Kier alpha value is -0.410. The summed E-state index contributed by atoms with van der Waals surface area (Å²) in [4.78, 5) is 0. The minimum Gasteiger partial charge on any atom is -0.320 e. The maximum absolute atomic E-state index is 6.07. The fourth-order valence-electron chi connectivity index (χ4n) is 0.786. The molecule has 0 aliphatic rings. The van der Waals surface area contributed by atoms with Gasteiger partial charge in [0.05, 0.1) is 11.2 Å². The van der Waals surface area contributed by atoms with E-state index in [0.717, 1.165) is 5.69 Å². The fraction of sp³-hybridized carbons (Fsp3) is 0.625. The van der Waals surface area contributed by atoms with Gasteiger partial charge in [0.1, 0.15) is 0 Å². The van der Waals surface area contributed by atoms with E-state index in [9.17, 15) is 0 Å². The highest BCUT2D eigenvalue weighted by Gasteiger charge is 2.26. The average molecular weight is 170 g/mol. The SMILES string of the molecule is CC(C)C(C)(N)c1ccsn1. The molecule has 2 N–H and O–H groups in total. The van der Waals surface area contributed by atoms with Crippen molar-refractivity contribution < 1.29 is 0 Å².